The maximum absolute atomic E-state index is 12.6. The molecule has 0 aliphatic carbocycles. The van der Waals surface area contributed by atoms with E-state index >= 15 is 0 Å². The zero-order chi connectivity index (χ0) is 26.5. The molecule has 3 aromatic carbocycles. The van der Waals surface area contributed by atoms with Gasteiger partial charge in [0.2, 0.25) is 0 Å². The Morgan fingerprint density at radius 2 is 1.28 bits per heavy atom. The van der Waals surface area contributed by atoms with E-state index in [0.29, 0.717) is 22.6 Å². The third-order valence-electron chi connectivity index (χ3n) is 5.79. The SMILES string of the molecule is Cc1cccc(C)c1OC(C)C(=O)NNC(=O)c1ccc(NC(=O)c2ccc(C(C)(C)C)cc2)cc1. The number of amides is 3. The van der Waals surface area contributed by atoms with Gasteiger partial charge in [-0.25, -0.2) is 0 Å². The van der Waals surface area contributed by atoms with Crippen LogP contribution in [0.1, 0.15) is 65.1 Å². The largest absolute Gasteiger partial charge is 0.480 e. The van der Waals surface area contributed by atoms with Gasteiger partial charge in [-0.2, -0.15) is 0 Å². The van der Waals surface area contributed by atoms with Crippen LogP contribution in [0.4, 0.5) is 5.69 Å². The number of hydrazine groups is 1. The van der Waals surface area contributed by atoms with Gasteiger partial charge in [0.05, 0.1) is 0 Å². The van der Waals surface area contributed by atoms with Crippen LogP contribution in [-0.2, 0) is 10.2 Å². The second-order valence-corrected chi connectivity index (χ2v) is 9.78. The molecule has 3 amide bonds. The van der Waals surface area contributed by atoms with Crippen LogP contribution in [-0.4, -0.2) is 23.8 Å². The number of aryl methyl sites for hydroxylation is 2. The first-order valence-electron chi connectivity index (χ1n) is 11.8. The van der Waals surface area contributed by atoms with E-state index in [4.69, 9.17) is 4.74 Å². The first-order valence-corrected chi connectivity index (χ1v) is 11.8. The average Bonchev–Trinajstić information content (AvgIpc) is 2.84. The summed E-state index contributed by atoms with van der Waals surface area (Å²) in [6.45, 7) is 11.8. The minimum absolute atomic E-state index is 0.00984. The second kappa shape index (κ2) is 11.1. The summed E-state index contributed by atoms with van der Waals surface area (Å²) in [5.74, 6) is -0.558. The first-order chi connectivity index (χ1) is 17.0. The minimum Gasteiger partial charge on any atom is -0.480 e. The third-order valence-corrected chi connectivity index (χ3v) is 5.79. The Balaban J connectivity index is 1.52. The van der Waals surface area contributed by atoms with Gasteiger partial charge in [0.15, 0.2) is 6.10 Å². The van der Waals surface area contributed by atoms with Gasteiger partial charge in [-0.1, -0.05) is 51.1 Å². The lowest BCUT2D eigenvalue weighted by molar-refractivity contribution is -0.128. The molecule has 0 heterocycles. The molecule has 0 aliphatic rings. The topological polar surface area (TPSA) is 96.5 Å². The molecule has 7 nitrogen and oxygen atoms in total. The molecule has 0 spiro atoms. The standard InChI is InChI=1S/C29H33N3O4/c1-18-8-7-9-19(2)25(18)36-20(3)26(33)31-32-28(35)22-12-16-24(17-13-22)30-27(34)21-10-14-23(15-11-21)29(4,5)6/h7-17,20H,1-6H3,(H,30,34)(H,31,33)(H,32,35). The molecule has 3 aromatic rings. The summed E-state index contributed by atoms with van der Waals surface area (Å²) in [4.78, 5) is 37.4. The van der Waals surface area contributed by atoms with E-state index in [2.05, 4.69) is 36.9 Å². The van der Waals surface area contributed by atoms with E-state index in [0.717, 1.165) is 16.7 Å². The van der Waals surface area contributed by atoms with Crippen molar-refractivity contribution in [1.29, 1.82) is 0 Å². The molecule has 188 valence electrons. The number of rotatable bonds is 6. The molecule has 7 heteroatoms. The summed E-state index contributed by atoms with van der Waals surface area (Å²) in [5.41, 5.74) is 9.21. The molecular formula is C29H33N3O4. The molecule has 0 fully saturated rings. The number of para-hydroxylation sites is 1. The summed E-state index contributed by atoms with van der Waals surface area (Å²) < 4.78 is 5.78. The van der Waals surface area contributed by atoms with Gasteiger partial charge in [-0.05, 0) is 79.3 Å². The Bertz CT molecular complexity index is 1220. The Kier molecular flexibility index (Phi) is 8.14. The summed E-state index contributed by atoms with van der Waals surface area (Å²) in [7, 11) is 0. The number of anilines is 1. The highest BCUT2D eigenvalue weighted by atomic mass is 16.5. The van der Waals surface area contributed by atoms with Gasteiger partial charge < -0.3 is 10.1 Å². The quantitative estimate of drug-likeness (QED) is 0.423. The molecule has 0 saturated heterocycles. The van der Waals surface area contributed by atoms with Crippen LogP contribution in [0.15, 0.2) is 66.7 Å². The first kappa shape index (κ1) is 26.5. The van der Waals surface area contributed by atoms with Crippen LogP contribution in [0.2, 0.25) is 0 Å². The predicted octanol–water partition coefficient (Wildman–Crippen LogP) is 5.08. The van der Waals surface area contributed by atoms with Crippen molar-refractivity contribution in [2.45, 2.75) is 53.1 Å². The zero-order valence-corrected chi connectivity index (χ0v) is 21.6. The van der Waals surface area contributed by atoms with E-state index in [1.165, 1.54) is 0 Å². The Morgan fingerprint density at radius 3 is 1.83 bits per heavy atom. The van der Waals surface area contributed by atoms with Crippen molar-refractivity contribution in [1.82, 2.24) is 10.9 Å². The van der Waals surface area contributed by atoms with Crippen LogP contribution in [0.25, 0.3) is 0 Å². The smallest absolute Gasteiger partial charge is 0.279 e. The summed E-state index contributed by atoms with van der Waals surface area (Å²) >= 11 is 0. The maximum Gasteiger partial charge on any atom is 0.279 e. The molecular weight excluding hydrogens is 454 g/mol. The summed E-state index contributed by atoms with van der Waals surface area (Å²) in [6, 6.07) is 19.6. The molecule has 1 unspecified atom stereocenters. The number of hydrogen-bond donors (Lipinski definition) is 3. The molecule has 0 aliphatic heterocycles. The van der Waals surface area contributed by atoms with Crippen molar-refractivity contribution >= 4 is 23.4 Å². The monoisotopic (exact) mass is 487 g/mol. The Labute approximate surface area is 212 Å². The summed E-state index contributed by atoms with van der Waals surface area (Å²) in [5, 5.41) is 2.82. The van der Waals surface area contributed by atoms with Crippen LogP contribution < -0.4 is 20.9 Å². The lowest BCUT2D eigenvalue weighted by Gasteiger charge is -2.19. The minimum atomic E-state index is -0.805. The number of hydrogen-bond acceptors (Lipinski definition) is 4. The molecule has 0 aromatic heterocycles. The fraction of sp³-hybridized carbons (Fsp3) is 0.276. The van der Waals surface area contributed by atoms with Gasteiger partial charge in [-0.3, -0.25) is 25.2 Å². The fourth-order valence-electron chi connectivity index (χ4n) is 3.54. The van der Waals surface area contributed by atoms with Gasteiger partial charge in [0, 0.05) is 16.8 Å². The van der Waals surface area contributed by atoms with Crippen LogP contribution >= 0.6 is 0 Å². The van der Waals surface area contributed by atoms with Gasteiger partial charge in [0.25, 0.3) is 17.7 Å². The highest BCUT2D eigenvalue weighted by Gasteiger charge is 2.18. The molecule has 3 N–H and O–H groups in total. The maximum atomic E-state index is 12.6. The van der Waals surface area contributed by atoms with Crippen LogP contribution in [0.3, 0.4) is 0 Å². The van der Waals surface area contributed by atoms with Crippen molar-refractivity contribution in [2.24, 2.45) is 0 Å². The number of nitrogens with one attached hydrogen (secondary N) is 3. The zero-order valence-electron chi connectivity index (χ0n) is 21.6. The normalized spacial score (nSPS) is 11.8. The fourth-order valence-corrected chi connectivity index (χ4v) is 3.54. The molecule has 3 rings (SSSR count). The molecule has 1 atom stereocenters. The molecule has 0 saturated carbocycles. The van der Waals surface area contributed by atoms with Gasteiger partial charge >= 0.3 is 0 Å². The number of carbonyl (C=O) groups is 3. The average molecular weight is 488 g/mol. The predicted molar refractivity (Wildman–Crippen MR) is 141 cm³/mol. The third kappa shape index (κ3) is 6.72. The highest BCUT2D eigenvalue weighted by molar-refractivity contribution is 6.04. The van der Waals surface area contributed by atoms with Crippen molar-refractivity contribution in [3.05, 3.63) is 94.5 Å². The number of benzene rings is 3. The van der Waals surface area contributed by atoms with Crippen molar-refractivity contribution in [2.75, 3.05) is 5.32 Å². The van der Waals surface area contributed by atoms with Crippen LogP contribution in [0, 0.1) is 13.8 Å². The van der Waals surface area contributed by atoms with Crippen molar-refractivity contribution in [3.8, 4) is 5.75 Å². The van der Waals surface area contributed by atoms with E-state index in [1.54, 1.807) is 43.3 Å². The second-order valence-electron chi connectivity index (χ2n) is 9.78. The molecule has 36 heavy (non-hydrogen) atoms. The van der Waals surface area contributed by atoms with Gasteiger partial charge in [0.1, 0.15) is 5.75 Å². The van der Waals surface area contributed by atoms with E-state index in [9.17, 15) is 14.4 Å². The summed E-state index contributed by atoms with van der Waals surface area (Å²) in [6.07, 6.45) is -0.805. The van der Waals surface area contributed by atoms with Crippen molar-refractivity contribution in [3.63, 3.8) is 0 Å². The lowest BCUT2D eigenvalue weighted by atomic mass is 9.87. The lowest BCUT2D eigenvalue weighted by Crippen LogP contribution is -2.47. The van der Waals surface area contributed by atoms with E-state index in [-0.39, 0.29) is 11.3 Å². The Morgan fingerprint density at radius 1 is 0.750 bits per heavy atom. The van der Waals surface area contributed by atoms with E-state index in [1.807, 2.05) is 44.2 Å². The molecule has 0 bridgehead atoms. The van der Waals surface area contributed by atoms with Crippen molar-refractivity contribution < 1.29 is 19.1 Å². The van der Waals surface area contributed by atoms with E-state index < -0.39 is 17.9 Å². The van der Waals surface area contributed by atoms with Crippen LogP contribution in [0.5, 0.6) is 5.75 Å². The number of carbonyl (C=O) groups excluding carboxylic acids is 3. The Hall–Kier alpha value is -4.13. The number of ether oxygens (including phenoxy) is 1. The highest BCUT2D eigenvalue weighted by Crippen LogP contribution is 2.24. The van der Waals surface area contributed by atoms with Gasteiger partial charge in [-0.15, -0.1) is 0 Å². The molecule has 0 radical (unpaired) electrons.